The summed E-state index contributed by atoms with van der Waals surface area (Å²) in [7, 11) is 0. The zero-order valence-electron chi connectivity index (χ0n) is 20.5. The molecular formula is C23H22F5N7O2S. The van der Waals surface area contributed by atoms with Crippen molar-refractivity contribution in [1.29, 1.82) is 0 Å². The molecule has 9 nitrogen and oxygen atoms in total. The number of aromatic nitrogens is 5. The molecule has 4 heterocycles. The van der Waals surface area contributed by atoms with Gasteiger partial charge in [0.25, 0.3) is 12.3 Å². The summed E-state index contributed by atoms with van der Waals surface area (Å²) in [5.41, 5.74) is 4.76. The number of amides is 2. The molecule has 0 saturated heterocycles. The molecular weight excluding hydrogens is 533 g/mol. The van der Waals surface area contributed by atoms with E-state index in [4.69, 9.17) is 5.73 Å². The van der Waals surface area contributed by atoms with Crippen molar-refractivity contribution in [2.45, 2.75) is 52.9 Å². The first kappa shape index (κ1) is 27.2. The summed E-state index contributed by atoms with van der Waals surface area (Å²) >= 11 is 0.601. The van der Waals surface area contributed by atoms with Gasteiger partial charge in [-0.3, -0.25) is 19.0 Å². The highest BCUT2D eigenvalue weighted by molar-refractivity contribution is 7.21. The first-order valence-electron chi connectivity index (χ1n) is 11.3. The lowest BCUT2D eigenvalue weighted by Crippen LogP contribution is -2.26. The molecule has 0 fully saturated rings. The molecule has 0 bridgehead atoms. The molecule has 1 atom stereocenters. The van der Waals surface area contributed by atoms with E-state index in [-0.39, 0.29) is 32.0 Å². The van der Waals surface area contributed by atoms with Gasteiger partial charge >= 0.3 is 6.18 Å². The van der Waals surface area contributed by atoms with E-state index in [1.807, 2.05) is 0 Å². The largest absolute Gasteiger partial charge is 0.433 e. The number of halogens is 5. The molecule has 38 heavy (non-hydrogen) atoms. The molecule has 0 aliphatic rings. The summed E-state index contributed by atoms with van der Waals surface area (Å²) < 4.78 is 70.1. The molecule has 15 heteroatoms. The number of aryl methyl sites for hydroxylation is 3. The molecule has 0 aromatic carbocycles. The van der Waals surface area contributed by atoms with Crippen molar-refractivity contribution in [3.05, 3.63) is 46.0 Å². The van der Waals surface area contributed by atoms with E-state index in [9.17, 15) is 31.5 Å². The lowest BCUT2D eigenvalue weighted by atomic mass is 10.0. The van der Waals surface area contributed by atoms with Gasteiger partial charge < -0.3 is 11.1 Å². The van der Waals surface area contributed by atoms with Crippen molar-refractivity contribution < 1.29 is 31.5 Å². The molecule has 0 radical (unpaired) electrons. The number of thiophene rings is 1. The maximum absolute atomic E-state index is 13.7. The lowest BCUT2D eigenvalue weighted by molar-refractivity contribution is -0.140. The van der Waals surface area contributed by atoms with Crippen molar-refractivity contribution in [3.8, 4) is 11.1 Å². The monoisotopic (exact) mass is 555 g/mol. The van der Waals surface area contributed by atoms with E-state index in [0.717, 1.165) is 16.8 Å². The van der Waals surface area contributed by atoms with Crippen molar-refractivity contribution in [3.63, 3.8) is 0 Å². The van der Waals surface area contributed by atoms with E-state index in [1.165, 1.54) is 18.5 Å². The number of anilines is 1. The SMILES string of the molecule is CCn1cc(-c2cc(C(F)(F)F)nc3sc(C(N)=O)c(NC(=O)C(C)n4nc(C(F)F)cc4C)c23)c(C)n1. The topological polar surface area (TPSA) is 121 Å². The normalized spacial score (nSPS) is 12.9. The van der Waals surface area contributed by atoms with Crippen LogP contribution in [0.15, 0.2) is 18.3 Å². The van der Waals surface area contributed by atoms with Gasteiger partial charge in [0.1, 0.15) is 27.1 Å². The quantitative estimate of drug-likeness (QED) is 0.302. The summed E-state index contributed by atoms with van der Waals surface area (Å²) in [6, 6.07) is 0.849. The van der Waals surface area contributed by atoms with Crippen LogP contribution < -0.4 is 11.1 Å². The second-order valence-corrected chi connectivity index (χ2v) is 9.51. The smallest absolute Gasteiger partial charge is 0.365 e. The van der Waals surface area contributed by atoms with Crippen LogP contribution in [0.2, 0.25) is 0 Å². The Morgan fingerprint density at radius 1 is 1.16 bits per heavy atom. The average Bonchev–Trinajstić information content (AvgIpc) is 3.52. The van der Waals surface area contributed by atoms with Gasteiger partial charge in [0, 0.05) is 29.4 Å². The minimum atomic E-state index is -4.80. The fourth-order valence-electron chi connectivity index (χ4n) is 4.04. The van der Waals surface area contributed by atoms with Crippen LogP contribution in [0, 0.1) is 13.8 Å². The third-order valence-corrected chi connectivity index (χ3v) is 6.99. The van der Waals surface area contributed by atoms with E-state index in [0.29, 0.717) is 29.1 Å². The maximum Gasteiger partial charge on any atom is 0.433 e. The fourth-order valence-corrected chi connectivity index (χ4v) is 5.05. The van der Waals surface area contributed by atoms with Gasteiger partial charge in [-0.2, -0.15) is 23.4 Å². The van der Waals surface area contributed by atoms with E-state index >= 15 is 0 Å². The van der Waals surface area contributed by atoms with Gasteiger partial charge in [-0.25, -0.2) is 13.8 Å². The summed E-state index contributed by atoms with van der Waals surface area (Å²) in [6.07, 6.45) is -6.10. The van der Waals surface area contributed by atoms with Crippen LogP contribution in [0.1, 0.15) is 58.8 Å². The van der Waals surface area contributed by atoms with E-state index in [2.05, 4.69) is 20.5 Å². The summed E-state index contributed by atoms with van der Waals surface area (Å²) in [4.78, 5) is 28.8. The molecule has 0 spiro atoms. The minimum absolute atomic E-state index is 0.0430. The molecule has 4 aromatic rings. The second kappa shape index (κ2) is 9.78. The number of nitrogens with two attached hydrogens (primary N) is 1. The van der Waals surface area contributed by atoms with Gasteiger partial charge in [0.05, 0.1) is 11.4 Å². The number of pyridine rings is 1. The van der Waals surface area contributed by atoms with Crippen LogP contribution in [0.5, 0.6) is 0 Å². The van der Waals surface area contributed by atoms with Crippen LogP contribution in [-0.2, 0) is 17.5 Å². The molecule has 4 rings (SSSR count). The van der Waals surface area contributed by atoms with Crippen molar-refractivity contribution in [1.82, 2.24) is 24.5 Å². The van der Waals surface area contributed by atoms with Gasteiger partial charge in [-0.1, -0.05) is 0 Å². The molecule has 2 amide bonds. The van der Waals surface area contributed by atoms with Crippen LogP contribution in [0.25, 0.3) is 21.3 Å². The van der Waals surface area contributed by atoms with E-state index in [1.54, 1.807) is 20.0 Å². The predicted molar refractivity (Wildman–Crippen MR) is 130 cm³/mol. The van der Waals surface area contributed by atoms with Crippen molar-refractivity contribution >= 4 is 39.1 Å². The molecule has 0 saturated carbocycles. The van der Waals surface area contributed by atoms with Gasteiger partial charge in [0.15, 0.2) is 0 Å². The number of hydrogen-bond donors (Lipinski definition) is 2. The summed E-state index contributed by atoms with van der Waals surface area (Å²) in [5.74, 6) is -1.75. The fraction of sp³-hybridized carbons (Fsp3) is 0.348. The minimum Gasteiger partial charge on any atom is -0.365 e. The standard InChI is InChI=1S/C23H22F5N7O2S/c1-5-34-8-13(10(3)32-34)12-7-15(23(26,27)28)30-22-16(12)17(18(38-22)20(29)36)31-21(37)11(4)35-9(2)6-14(33-35)19(24)25/h6-8,11,19H,5H2,1-4H3,(H2,29,36)(H,31,37). The van der Waals surface area contributed by atoms with Gasteiger partial charge in [-0.05, 0) is 45.4 Å². The highest BCUT2D eigenvalue weighted by atomic mass is 32.1. The Hall–Kier alpha value is -3.88. The number of alkyl halides is 5. The number of hydrogen-bond acceptors (Lipinski definition) is 6. The van der Waals surface area contributed by atoms with Crippen molar-refractivity contribution in [2.24, 2.45) is 5.73 Å². The zero-order chi connectivity index (χ0) is 28.1. The molecule has 1 unspecified atom stereocenters. The third-order valence-electron chi connectivity index (χ3n) is 5.90. The molecule has 0 aliphatic carbocycles. The number of nitrogens with zero attached hydrogens (tertiary/aromatic N) is 5. The first-order valence-corrected chi connectivity index (χ1v) is 12.1. The number of rotatable bonds is 7. The number of nitrogens with one attached hydrogen (secondary N) is 1. The van der Waals surface area contributed by atoms with E-state index < -0.39 is 41.8 Å². The lowest BCUT2D eigenvalue weighted by Gasteiger charge is -2.16. The molecule has 0 aliphatic heterocycles. The van der Waals surface area contributed by atoms with Crippen LogP contribution in [0.4, 0.5) is 27.6 Å². The number of primary amides is 1. The van der Waals surface area contributed by atoms with Gasteiger partial charge in [-0.15, -0.1) is 11.3 Å². The maximum atomic E-state index is 13.7. The van der Waals surface area contributed by atoms with Crippen molar-refractivity contribution in [2.75, 3.05) is 5.32 Å². The number of carbonyl (C=O) groups is 2. The molecule has 4 aromatic heterocycles. The Bertz CT molecular complexity index is 1550. The zero-order valence-corrected chi connectivity index (χ0v) is 21.3. The highest BCUT2D eigenvalue weighted by Gasteiger charge is 2.36. The average molecular weight is 556 g/mol. The Kier molecular flexibility index (Phi) is 6.99. The number of fused-ring (bicyclic) bond motifs is 1. The predicted octanol–water partition coefficient (Wildman–Crippen LogP) is 5.25. The Morgan fingerprint density at radius 2 is 1.84 bits per heavy atom. The Morgan fingerprint density at radius 3 is 2.37 bits per heavy atom. The van der Waals surface area contributed by atoms with Crippen LogP contribution in [-0.4, -0.2) is 36.4 Å². The third kappa shape index (κ3) is 4.85. The molecule has 3 N–H and O–H groups in total. The summed E-state index contributed by atoms with van der Waals surface area (Å²) in [5, 5.41) is 10.7. The Balaban J connectivity index is 1.91. The summed E-state index contributed by atoms with van der Waals surface area (Å²) in [6.45, 7) is 6.76. The second-order valence-electron chi connectivity index (χ2n) is 8.51. The Labute approximate surface area is 216 Å². The molecule has 202 valence electrons. The first-order chi connectivity index (χ1) is 17.7. The van der Waals surface area contributed by atoms with Crippen LogP contribution >= 0.6 is 11.3 Å². The van der Waals surface area contributed by atoms with Gasteiger partial charge in [0.2, 0.25) is 5.91 Å². The number of carbonyl (C=O) groups excluding carboxylic acids is 2. The van der Waals surface area contributed by atoms with Crippen LogP contribution in [0.3, 0.4) is 0 Å². The highest BCUT2D eigenvalue weighted by Crippen LogP contribution is 2.44.